The zero-order valence-corrected chi connectivity index (χ0v) is 13.6. The molecular formula is C18H20N4O. The van der Waals surface area contributed by atoms with E-state index in [2.05, 4.69) is 15.4 Å². The van der Waals surface area contributed by atoms with E-state index in [9.17, 15) is 4.79 Å². The van der Waals surface area contributed by atoms with E-state index in [4.69, 9.17) is 0 Å². The van der Waals surface area contributed by atoms with Crippen LogP contribution in [0.25, 0.3) is 16.8 Å². The van der Waals surface area contributed by atoms with Crippen LogP contribution in [0.1, 0.15) is 27.2 Å². The van der Waals surface area contributed by atoms with Crippen LogP contribution >= 0.6 is 0 Å². The summed E-state index contributed by atoms with van der Waals surface area (Å²) in [6.45, 7) is 6.11. The Balaban J connectivity index is 2.05. The highest BCUT2D eigenvalue weighted by molar-refractivity contribution is 5.97. The molecule has 1 N–H and O–H groups in total. The lowest BCUT2D eigenvalue weighted by Crippen LogP contribution is -2.20. The SMILES string of the molecule is CC(C)(C)CC(=O)Nc1nn2cccnc2c1-c1ccccc1. The van der Waals surface area contributed by atoms with Crippen molar-refractivity contribution in [2.75, 3.05) is 5.32 Å². The fourth-order valence-corrected chi connectivity index (χ4v) is 2.50. The van der Waals surface area contributed by atoms with Gasteiger partial charge in [-0.2, -0.15) is 0 Å². The molecule has 0 aliphatic carbocycles. The Hall–Kier alpha value is -2.69. The maximum Gasteiger partial charge on any atom is 0.226 e. The first-order valence-corrected chi connectivity index (χ1v) is 7.63. The minimum Gasteiger partial charge on any atom is -0.309 e. The summed E-state index contributed by atoms with van der Waals surface area (Å²) in [5.41, 5.74) is 2.47. The van der Waals surface area contributed by atoms with Crippen LogP contribution in [-0.2, 0) is 4.79 Å². The van der Waals surface area contributed by atoms with E-state index < -0.39 is 0 Å². The number of rotatable bonds is 3. The number of benzene rings is 1. The Morgan fingerprint density at radius 2 is 1.91 bits per heavy atom. The monoisotopic (exact) mass is 308 g/mol. The van der Waals surface area contributed by atoms with Crippen LogP contribution in [0, 0.1) is 5.41 Å². The van der Waals surface area contributed by atoms with Gasteiger partial charge in [-0.05, 0) is 17.0 Å². The van der Waals surface area contributed by atoms with Gasteiger partial charge in [0, 0.05) is 18.8 Å². The van der Waals surface area contributed by atoms with Crippen molar-refractivity contribution in [1.29, 1.82) is 0 Å². The van der Waals surface area contributed by atoms with Crippen LogP contribution in [0.2, 0.25) is 0 Å². The van der Waals surface area contributed by atoms with Crippen molar-refractivity contribution in [2.45, 2.75) is 27.2 Å². The highest BCUT2D eigenvalue weighted by atomic mass is 16.1. The molecular weight excluding hydrogens is 288 g/mol. The Morgan fingerprint density at radius 3 is 2.61 bits per heavy atom. The van der Waals surface area contributed by atoms with Crippen molar-refractivity contribution >= 4 is 17.4 Å². The van der Waals surface area contributed by atoms with Gasteiger partial charge < -0.3 is 5.32 Å². The molecule has 0 atom stereocenters. The standard InChI is InChI=1S/C18H20N4O/c1-18(2,3)12-14(23)20-16-15(13-8-5-4-6-9-13)17-19-10-7-11-22(17)21-16/h4-11H,12H2,1-3H3,(H,20,21,23). The molecule has 0 aliphatic heterocycles. The van der Waals surface area contributed by atoms with Gasteiger partial charge in [0.25, 0.3) is 0 Å². The quantitative estimate of drug-likeness (QED) is 0.801. The first-order chi connectivity index (χ1) is 10.9. The molecule has 0 spiro atoms. The molecule has 1 amide bonds. The van der Waals surface area contributed by atoms with E-state index >= 15 is 0 Å². The Bertz CT molecular complexity index is 831. The summed E-state index contributed by atoms with van der Waals surface area (Å²) >= 11 is 0. The number of carbonyl (C=O) groups is 1. The molecule has 0 fully saturated rings. The van der Waals surface area contributed by atoms with E-state index in [1.165, 1.54) is 0 Å². The maximum absolute atomic E-state index is 12.3. The van der Waals surface area contributed by atoms with Gasteiger partial charge in [0.15, 0.2) is 11.5 Å². The predicted molar refractivity (Wildman–Crippen MR) is 91.1 cm³/mol. The molecule has 1 aromatic carbocycles. The molecule has 3 aromatic rings. The fourth-order valence-electron chi connectivity index (χ4n) is 2.50. The number of nitrogens with zero attached hydrogens (tertiary/aromatic N) is 3. The van der Waals surface area contributed by atoms with Crippen LogP contribution in [0.15, 0.2) is 48.8 Å². The van der Waals surface area contributed by atoms with Gasteiger partial charge in [0.1, 0.15) is 0 Å². The van der Waals surface area contributed by atoms with Crippen molar-refractivity contribution in [3.63, 3.8) is 0 Å². The van der Waals surface area contributed by atoms with Crippen molar-refractivity contribution in [3.8, 4) is 11.1 Å². The molecule has 0 unspecified atom stereocenters. The van der Waals surface area contributed by atoms with Gasteiger partial charge in [0.2, 0.25) is 5.91 Å². The Kier molecular flexibility index (Phi) is 3.86. The van der Waals surface area contributed by atoms with E-state index in [1.807, 2.05) is 63.4 Å². The predicted octanol–water partition coefficient (Wildman–Crippen LogP) is 3.77. The van der Waals surface area contributed by atoms with Crippen LogP contribution in [-0.4, -0.2) is 20.5 Å². The number of hydrogen-bond acceptors (Lipinski definition) is 3. The third-order valence-corrected chi connectivity index (χ3v) is 3.41. The first-order valence-electron chi connectivity index (χ1n) is 7.63. The molecule has 118 valence electrons. The smallest absolute Gasteiger partial charge is 0.226 e. The van der Waals surface area contributed by atoms with E-state index in [1.54, 1.807) is 10.7 Å². The summed E-state index contributed by atoms with van der Waals surface area (Å²) in [5.74, 6) is 0.502. The minimum atomic E-state index is -0.0750. The maximum atomic E-state index is 12.3. The lowest BCUT2D eigenvalue weighted by molar-refractivity contribution is -0.117. The molecule has 0 bridgehead atoms. The van der Waals surface area contributed by atoms with Gasteiger partial charge in [-0.1, -0.05) is 51.1 Å². The molecule has 23 heavy (non-hydrogen) atoms. The van der Waals surface area contributed by atoms with Crippen LogP contribution < -0.4 is 5.32 Å². The van der Waals surface area contributed by atoms with Gasteiger partial charge in [-0.15, -0.1) is 5.10 Å². The molecule has 5 nitrogen and oxygen atoms in total. The first kappa shape index (κ1) is 15.2. The second-order valence-corrected chi connectivity index (χ2v) is 6.76. The summed E-state index contributed by atoms with van der Waals surface area (Å²) < 4.78 is 1.69. The number of amides is 1. The van der Waals surface area contributed by atoms with E-state index in [-0.39, 0.29) is 11.3 Å². The molecule has 2 heterocycles. The van der Waals surface area contributed by atoms with Gasteiger partial charge in [-0.25, -0.2) is 9.50 Å². The second-order valence-electron chi connectivity index (χ2n) is 6.76. The van der Waals surface area contributed by atoms with Crippen molar-refractivity contribution in [2.24, 2.45) is 5.41 Å². The van der Waals surface area contributed by atoms with Crippen molar-refractivity contribution in [3.05, 3.63) is 48.8 Å². The average molecular weight is 308 g/mol. The normalized spacial score (nSPS) is 11.6. The molecule has 0 saturated heterocycles. The van der Waals surface area contributed by atoms with E-state index in [0.717, 1.165) is 16.8 Å². The number of carbonyl (C=O) groups excluding carboxylic acids is 1. The van der Waals surface area contributed by atoms with Crippen LogP contribution in [0.4, 0.5) is 5.82 Å². The lowest BCUT2D eigenvalue weighted by atomic mass is 9.92. The zero-order chi connectivity index (χ0) is 16.4. The summed E-state index contributed by atoms with van der Waals surface area (Å²) in [5, 5.41) is 7.43. The number of fused-ring (bicyclic) bond motifs is 1. The molecule has 0 radical (unpaired) electrons. The summed E-state index contributed by atoms with van der Waals surface area (Å²) in [4.78, 5) is 16.7. The highest BCUT2D eigenvalue weighted by Gasteiger charge is 2.20. The lowest BCUT2D eigenvalue weighted by Gasteiger charge is -2.16. The summed E-state index contributed by atoms with van der Waals surface area (Å²) in [6.07, 6.45) is 3.99. The van der Waals surface area contributed by atoms with Crippen LogP contribution in [0.5, 0.6) is 0 Å². The van der Waals surface area contributed by atoms with Gasteiger partial charge >= 0.3 is 0 Å². The fraction of sp³-hybridized carbons (Fsp3) is 0.278. The highest BCUT2D eigenvalue weighted by Crippen LogP contribution is 2.31. The Labute approximate surface area is 135 Å². The third-order valence-electron chi connectivity index (χ3n) is 3.41. The van der Waals surface area contributed by atoms with Crippen molar-refractivity contribution < 1.29 is 4.79 Å². The third kappa shape index (κ3) is 3.39. The Morgan fingerprint density at radius 1 is 1.17 bits per heavy atom. The molecule has 3 rings (SSSR count). The second kappa shape index (κ2) is 5.83. The number of aromatic nitrogens is 3. The number of anilines is 1. The van der Waals surface area contributed by atoms with Gasteiger partial charge in [0.05, 0.1) is 5.56 Å². The van der Waals surface area contributed by atoms with Crippen LogP contribution in [0.3, 0.4) is 0 Å². The molecule has 5 heteroatoms. The average Bonchev–Trinajstić information content (AvgIpc) is 2.83. The van der Waals surface area contributed by atoms with Gasteiger partial charge in [-0.3, -0.25) is 4.79 Å². The topological polar surface area (TPSA) is 59.3 Å². The van der Waals surface area contributed by atoms with E-state index in [0.29, 0.717) is 12.2 Å². The molecule has 2 aromatic heterocycles. The minimum absolute atomic E-state index is 0.0434. The number of hydrogen-bond donors (Lipinski definition) is 1. The summed E-state index contributed by atoms with van der Waals surface area (Å²) in [6, 6.07) is 11.7. The molecule has 0 aliphatic rings. The van der Waals surface area contributed by atoms with Crippen molar-refractivity contribution in [1.82, 2.24) is 14.6 Å². The number of nitrogens with one attached hydrogen (secondary N) is 1. The largest absolute Gasteiger partial charge is 0.309 e. The summed E-state index contributed by atoms with van der Waals surface area (Å²) in [7, 11) is 0. The molecule has 0 saturated carbocycles. The zero-order valence-electron chi connectivity index (χ0n) is 13.6.